The molecule has 0 bridgehead atoms. The second-order valence-corrected chi connectivity index (χ2v) is 5.49. The van der Waals surface area contributed by atoms with Crippen LogP contribution in [-0.4, -0.2) is 47.7 Å². The second kappa shape index (κ2) is 7.29. The fraction of sp³-hybridized carbons (Fsp3) is 0.375. The largest absolute Gasteiger partial charge is 0.473 e. The summed E-state index contributed by atoms with van der Waals surface area (Å²) in [5.74, 6) is -0.0249. The van der Waals surface area contributed by atoms with Gasteiger partial charge in [0.15, 0.2) is 0 Å². The smallest absolute Gasteiger partial charge is 0.372 e. The highest BCUT2D eigenvalue weighted by Gasteiger charge is 2.30. The van der Waals surface area contributed by atoms with Crippen molar-refractivity contribution >= 4 is 17.2 Å². The average molecular weight is 347 g/mol. The van der Waals surface area contributed by atoms with E-state index in [1.807, 2.05) is 4.90 Å². The van der Waals surface area contributed by atoms with Crippen LogP contribution in [0.5, 0.6) is 5.88 Å². The second-order valence-electron chi connectivity index (χ2n) is 5.49. The first-order valence-corrected chi connectivity index (χ1v) is 7.97. The monoisotopic (exact) mass is 347 g/mol. The Bertz CT molecular complexity index is 748. The van der Waals surface area contributed by atoms with E-state index in [9.17, 15) is 14.5 Å². The van der Waals surface area contributed by atoms with Crippen molar-refractivity contribution in [2.45, 2.75) is 6.92 Å². The molecule has 0 spiro atoms. The average Bonchev–Trinajstić information content (AvgIpc) is 2.62. The number of ether oxygens (including phenoxy) is 1. The predicted molar refractivity (Wildman–Crippen MR) is 90.7 cm³/mol. The Morgan fingerprint density at radius 1 is 1.16 bits per heavy atom. The Labute approximate surface area is 144 Å². The van der Waals surface area contributed by atoms with Crippen molar-refractivity contribution in [3.8, 4) is 5.88 Å². The molecule has 0 atom stereocenters. The molecule has 0 saturated carbocycles. The molecule has 1 saturated heterocycles. The molecule has 1 aromatic heterocycles. The van der Waals surface area contributed by atoms with Gasteiger partial charge in [0.05, 0.1) is 11.5 Å². The van der Waals surface area contributed by atoms with Gasteiger partial charge < -0.3 is 14.5 Å². The molecule has 25 heavy (non-hydrogen) atoms. The molecule has 132 valence electrons. The highest BCUT2D eigenvalue weighted by atomic mass is 19.1. The van der Waals surface area contributed by atoms with Gasteiger partial charge in [-0.1, -0.05) is 0 Å². The third kappa shape index (κ3) is 3.59. The topological polar surface area (TPSA) is 84.6 Å². The van der Waals surface area contributed by atoms with Crippen LogP contribution in [0.3, 0.4) is 0 Å². The van der Waals surface area contributed by atoms with Crippen LogP contribution in [0.1, 0.15) is 6.92 Å². The van der Waals surface area contributed by atoms with Crippen LogP contribution >= 0.6 is 0 Å². The lowest BCUT2D eigenvalue weighted by atomic mass is 10.2. The lowest BCUT2D eigenvalue weighted by molar-refractivity contribution is -0.385. The van der Waals surface area contributed by atoms with Crippen molar-refractivity contribution in [1.29, 1.82) is 0 Å². The first-order valence-electron chi connectivity index (χ1n) is 7.97. The maximum Gasteiger partial charge on any atom is 0.372 e. The van der Waals surface area contributed by atoms with Gasteiger partial charge in [-0.2, -0.15) is 4.98 Å². The van der Waals surface area contributed by atoms with E-state index < -0.39 is 4.92 Å². The zero-order chi connectivity index (χ0) is 17.8. The number of nitro groups is 1. The van der Waals surface area contributed by atoms with Crippen molar-refractivity contribution in [3.05, 3.63) is 46.5 Å². The van der Waals surface area contributed by atoms with E-state index in [0.717, 1.165) is 5.69 Å². The molecule has 1 aliphatic rings. The van der Waals surface area contributed by atoms with Gasteiger partial charge >= 0.3 is 5.69 Å². The molecule has 0 amide bonds. The summed E-state index contributed by atoms with van der Waals surface area (Å²) in [6, 6.07) is 6.30. The predicted octanol–water partition coefficient (Wildman–Crippen LogP) is 2.25. The van der Waals surface area contributed by atoms with Gasteiger partial charge in [-0.05, 0) is 31.2 Å². The molecule has 0 aliphatic carbocycles. The quantitative estimate of drug-likeness (QED) is 0.606. The zero-order valence-corrected chi connectivity index (χ0v) is 13.8. The van der Waals surface area contributed by atoms with Crippen LogP contribution in [-0.2, 0) is 0 Å². The third-order valence-corrected chi connectivity index (χ3v) is 4.00. The summed E-state index contributed by atoms with van der Waals surface area (Å²) >= 11 is 0. The summed E-state index contributed by atoms with van der Waals surface area (Å²) in [6.45, 7) is 4.44. The molecule has 9 heteroatoms. The lowest BCUT2D eigenvalue weighted by Gasteiger charge is -2.36. The first-order chi connectivity index (χ1) is 12.1. The maximum atomic E-state index is 13.0. The highest BCUT2D eigenvalue weighted by Crippen LogP contribution is 2.34. The molecule has 1 aliphatic heterocycles. The van der Waals surface area contributed by atoms with Crippen LogP contribution < -0.4 is 14.5 Å². The lowest BCUT2D eigenvalue weighted by Crippen LogP contribution is -2.47. The van der Waals surface area contributed by atoms with E-state index in [1.54, 1.807) is 19.1 Å². The zero-order valence-electron chi connectivity index (χ0n) is 13.8. The number of rotatable bonds is 5. The maximum absolute atomic E-state index is 13.0. The van der Waals surface area contributed by atoms with E-state index in [2.05, 4.69) is 14.9 Å². The van der Waals surface area contributed by atoms with Crippen LogP contribution in [0, 0.1) is 15.9 Å². The molecule has 1 fully saturated rings. The Morgan fingerprint density at radius 2 is 1.80 bits per heavy atom. The number of hydrogen-bond donors (Lipinski definition) is 0. The van der Waals surface area contributed by atoms with Crippen molar-refractivity contribution in [3.63, 3.8) is 0 Å². The minimum absolute atomic E-state index is 0.0153. The Balaban J connectivity index is 1.77. The molecule has 0 N–H and O–H groups in total. The molecule has 2 heterocycles. The molecule has 8 nitrogen and oxygen atoms in total. The number of piperazine rings is 1. The van der Waals surface area contributed by atoms with Gasteiger partial charge in [0, 0.05) is 31.9 Å². The summed E-state index contributed by atoms with van der Waals surface area (Å²) in [5.41, 5.74) is 0.716. The van der Waals surface area contributed by atoms with E-state index in [-0.39, 0.29) is 29.8 Å². The number of benzene rings is 1. The summed E-state index contributed by atoms with van der Waals surface area (Å²) < 4.78 is 18.3. The van der Waals surface area contributed by atoms with E-state index in [4.69, 9.17) is 4.74 Å². The minimum atomic E-state index is -0.507. The fourth-order valence-electron chi connectivity index (χ4n) is 2.82. The number of nitrogens with zero attached hydrogens (tertiary/aromatic N) is 5. The molecule has 0 radical (unpaired) electrons. The van der Waals surface area contributed by atoms with Crippen molar-refractivity contribution < 1.29 is 14.1 Å². The minimum Gasteiger partial charge on any atom is -0.473 e. The number of anilines is 2. The van der Waals surface area contributed by atoms with Crippen molar-refractivity contribution in [2.24, 2.45) is 0 Å². The Hall–Kier alpha value is -2.97. The third-order valence-electron chi connectivity index (χ3n) is 4.00. The van der Waals surface area contributed by atoms with E-state index in [0.29, 0.717) is 26.2 Å². The SMILES string of the molecule is CCOc1ncnc(N2CCN(c3ccc(F)cc3)CC2)c1[N+](=O)[O-]. The van der Waals surface area contributed by atoms with Gasteiger partial charge in [0.25, 0.3) is 5.88 Å². The fourth-order valence-corrected chi connectivity index (χ4v) is 2.82. The van der Waals surface area contributed by atoms with Crippen molar-refractivity contribution in [2.75, 3.05) is 42.6 Å². The standard InChI is InChI=1S/C16H18FN5O3/c1-2-25-16-14(22(23)24)15(18-11-19-16)21-9-7-20(8-10-21)13-5-3-12(17)4-6-13/h3-6,11H,2,7-10H2,1H3. The summed E-state index contributed by atoms with van der Waals surface area (Å²) in [4.78, 5) is 22.9. The summed E-state index contributed by atoms with van der Waals surface area (Å²) in [6.07, 6.45) is 1.28. The van der Waals surface area contributed by atoms with Crippen LogP contribution in [0.4, 0.5) is 21.6 Å². The molecule has 1 aromatic carbocycles. The van der Waals surface area contributed by atoms with Crippen LogP contribution in [0.15, 0.2) is 30.6 Å². The Kier molecular flexibility index (Phi) is 4.92. The number of hydrogen-bond acceptors (Lipinski definition) is 7. The van der Waals surface area contributed by atoms with Crippen molar-refractivity contribution in [1.82, 2.24) is 9.97 Å². The Morgan fingerprint density at radius 3 is 2.40 bits per heavy atom. The van der Waals surface area contributed by atoms with Crippen LogP contribution in [0.25, 0.3) is 0 Å². The van der Waals surface area contributed by atoms with E-state index in [1.165, 1.54) is 18.5 Å². The molecule has 0 unspecified atom stereocenters. The van der Waals surface area contributed by atoms with Gasteiger partial charge in [0.2, 0.25) is 5.82 Å². The molecule has 3 rings (SSSR count). The summed E-state index contributed by atoms with van der Waals surface area (Å²) in [7, 11) is 0. The molecular formula is C16H18FN5O3. The van der Waals surface area contributed by atoms with Gasteiger partial charge in [-0.25, -0.2) is 9.37 Å². The van der Waals surface area contributed by atoms with E-state index >= 15 is 0 Å². The van der Waals surface area contributed by atoms with Gasteiger partial charge in [-0.3, -0.25) is 10.1 Å². The molecule has 2 aromatic rings. The van der Waals surface area contributed by atoms with Crippen LogP contribution in [0.2, 0.25) is 0 Å². The first kappa shape index (κ1) is 16.9. The highest BCUT2D eigenvalue weighted by molar-refractivity contribution is 5.63. The number of halogens is 1. The molecular weight excluding hydrogens is 329 g/mol. The summed E-state index contributed by atoms with van der Waals surface area (Å²) in [5, 5.41) is 11.5. The van der Waals surface area contributed by atoms with Gasteiger partial charge in [0.1, 0.15) is 12.1 Å². The van der Waals surface area contributed by atoms with Gasteiger partial charge in [-0.15, -0.1) is 0 Å². The number of aromatic nitrogens is 2. The normalized spacial score (nSPS) is 14.5.